The second kappa shape index (κ2) is 19.8. The Labute approximate surface area is 373 Å². The normalized spacial score (nSPS) is 25.0. The van der Waals surface area contributed by atoms with Gasteiger partial charge in [-0.25, -0.2) is 13.2 Å². The smallest absolute Gasteiger partial charge is 0.329 e. The minimum absolute atomic E-state index is 0.0126. The van der Waals surface area contributed by atoms with Crippen molar-refractivity contribution in [3.63, 3.8) is 0 Å². The molecule has 346 valence electrons. The summed E-state index contributed by atoms with van der Waals surface area (Å²) in [5.74, 6) is -1.60. The molecular formula is C46H62N8O9S. The number of hydrogen-bond donors (Lipinski definition) is 4. The molecule has 7 rings (SSSR count). The first kappa shape index (κ1) is 46.6. The zero-order valence-electron chi connectivity index (χ0n) is 37.1. The van der Waals surface area contributed by atoms with E-state index in [1.165, 1.54) is 16.7 Å². The first-order valence-electron chi connectivity index (χ1n) is 22.7. The maximum Gasteiger partial charge on any atom is 0.329 e. The van der Waals surface area contributed by atoms with Crippen LogP contribution in [0.3, 0.4) is 0 Å². The van der Waals surface area contributed by atoms with E-state index in [9.17, 15) is 42.0 Å². The van der Waals surface area contributed by atoms with Crippen molar-refractivity contribution in [2.45, 2.75) is 126 Å². The molecule has 17 nitrogen and oxygen atoms in total. The van der Waals surface area contributed by atoms with Crippen LogP contribution in [0.15, 0.2) is 52.2 Å². The highest BCUT2D eigenvalue weighted by molar-refractivity contribution is 7.90. The lowest BCUT2D eigenvalue weighted by Gasteiger charge is -2.38. The maximum absolute atomic E-state index is 14.0. The number of hydrogen-bond acceptors (Lipinski definition) is 10. The van der Waals surface area contributed by atoms with E-state index in [-0.39, 0.29) is 60.2 Å². The van der Waals surface area contributed by atoms with Crippen molar-refractivity contribution in [1.29, 1.82) is 0 Å². The van der Waals surface area contributed by atoms with Gasteiger partial charge in [0.2, 0.25) is 35.4 Å². The van der Waals surface area contributed by atoms with Gasteiger partial charge >= 0.3 is 5.69 Å². The first-order valence-corrected chi connectivity index (χ1v) is 24.6. The number of imide groups is 1. The van der Waals surface area contributed by atoms with Gasteiger partial charge in [-0.3, -0.25) is 43.2 Å². The van der Waals surface area contributed by atoms with Gasteiger partial charge in [-0.05, 0) is 112 Å². The van der Waals surface area contributed by atoms with Crippen molar-refractivity contribution in [1.82, 2.24) is 34.9 Å². The number of benzene rings is 2. The predicted octanol–water partition coefficient (Wildman–Crippen LogP) is 2.23. The van der Waals surface area contributed by atoms with Gasteiger partial charge in [-0.15, -0.1) is 0 Å². The third-order valence-electron chi connectivity index (χ3n) is 13.9. The zero-order chi connectivity index (χ0) is 45.9. The Kier molecular flexibility index (Phi) is 14.4. The Hall–Kier alpha value is -5.36. The van der Waals surface area contributed by atoms with Crippen molar-refractivity contribution in [3.8, 4) is 0 Å². The molecule has 0 radical (unpaired) electrons. The summed E-state index contributed by atoms with van der Waals surface area (Å²) in [5.41, 5.74) is 8.42. The van der Waals surface area contributed by atoms with Gasteiger partial charge in [0.25, 0.3) is 0 Å². The third kappa shape index (κ3) is 10.8. The molecule has 4 heterocycles. The number of piperidine rings is 1. The van der Waals surface area contributed by atoms with Crippen LogP contribution in [0.2, 0.25) is 0 Å². The predicted molar refractivity (Wildman–Crippen MR) is 238 cm³/mol. The van der Waals surface area contributed by atoms with Crippen LogP contribution in [0.4, 0.5) is 0 Å². The molecule has 0 spiro atoms. The van der Waals surface area contributed by atoms with Crippen molar-refractivity contribution in [3.05, 3.63) is 64.1 Å². The summed E-state index contributed by atoms with van der Waals surface area (Å²) in [4.78, 5) is 94.7. The fourth-order valence-electron chi connectivity index (χ4n) is 10.3. The van der Waals surface area contributed by atoms with Gasteiger partial charge in [0.1, 0.15) is 18.1 Å². The summed E-state index contributed by atoms with van der Waals surface area (Å²) in [7, 11) is -1.66. The number of aryl methyl sites for hydroxylation is 1. The molecule has 4 aliphatic rings. The average Bonchev–Trinajstić information content (AvgIpc) is 3.79. The minimum atomic E-state index is -3.38. The molecule has 3 saturated heterocycles. The fourth-order valence-corrected chi connectivity index (χ4v) is 10.9. The molecule has 5 N–H and O–H groups in total. The molecule has 1 unspecified atom stereocenters. The molecule has 4 fully saturated rings. The number of carbonyl (C=O) groups is 6. The van der Waals surface area contributed by atoms with Crippen molar-refractivity contribution >= 4 is 56.3 Å². The number of rotatable bonds is 15. The topological polar surface area (TPSA) is 232 Å². The van der Waals surface area contributed by atoms with E-state index in [4.69, 9.17) is 5.73 Å². The van der Waals surface area contributed by atoms with Crippen LogP contribution in [0, 0.1) is 17.8 Å². The van der Waals surface area contributed by atoms with Crippen LogP contribution >= 0.6 is 0 Å². The van der Waals surface area contributed by atoms with Crippen LogP contribution in [-0.2, 0) is 58.6 Å². The van der Waals surface area contributed by atoms with E-state index in [1.807, 2.05) is 13.0 Å². The van der Waals surface area contributed by atoms with Gasteiger partial charge in [0.05, 0.1) is 15.9 Å². The maximum atomic E-state index is 14.0. The SMILES string of the molecule is C[C@H]1CN(CC[C@H]2CC[C@@H](Cc3ccc4c(c3)n(C)c(=O)n4C3CCC(=O)NC3=O)CC2)CC[C@H]2CC[C@@H](C(=O)N[C@@H](CCC(N)=O)C(=O)NCc3ccc(S(C)(=O)=O)cc3)N2C1=O. The highest BCUT2D eigenvalue weighted by atomic mass is 32.2. The summed E-state index contributed by atoms with van der Waals surface area (Å²) < 4.78 is 26.8. The fraction of sp³-hybridized carbons (Fsp3) is 0.587. The molecule has 0 bridgehead atoms. The largest absolute Gasteiger partial charge is 0.370 e. The number of aromatic nitrogens is 2. The lowest BCUT2D eigenvalue weighted by atomic mass is 9.78. The zero-order valence-corrected chi connectivity index (χ0v) is 37.9. The monoisotopic (exact) mass is 902 g/mol. The molecule has 2 aromatic carbocycles. The second-order valence-electron chi connectivity index (χ2n) is 18.6. The molecule has 5 atom stereocenters. The van der Waals surface area contributed by atoms with E-state index < -0.39 is 51.6 Å². The highest BCUT2D eigenvalue weighted by Gasteiger charge is 2.44. The molecule has 64 heavy (non-hydrogen) atoms. The van der Waals surface area contributed by atoms with Gasteiger partial charge in [0.15, 0.2) is 9.84 Å². The Morgan fingerprint density at radius 1 is 0.891 bits per heavy atom. The molecular weight excluding hydrogens is 841 g/mol. The molecule has 3 aliphatic heterocycles. The van der Waals surface area contributed by atoms with Gasteiger partial charge < -0.3 is 26.2 Å². The lowest BCUT2D eigenvalue weighted by Crippen LogP contribution is -2.56. The number of amides is 6. The number of sulfone groups is 1. The molecule has 6 amide bonds. The number of nitrogens with zero attached hydrogens (tertiary/aromatic N) is 4. The Bertz CT molecular complexity index is 2440. The van der Waals surface area contributed by atoms with Crippen molar-refractivity contribution in [2.24, 2.45) is 30.5 Å². The average molecular weight is 903 g/mol. The number of carbonyl (C=O) groups excluding carboxylic acids is 6. The van der Waals surface area contributed by atoms with Crippen molar-refractivity contribution < 1.29 is 37.2 Å². The second-order valence-corrected chi connectivity index (χ2v) is 20.6. The Morgan fingerprint density at radius 2 is 1.59 bits per heavy atom. The summed E-state index contributed by atoms with van der Waals surface area (Å²) in [6, 6.07) is 9.56. The molecule has 3 aromatic rings. The van der Waals surface area contributed by atoms with Crippen LogP contribution < -0.4 is 27.4 Å². The van der Waals surface area contributed by atoms with E-state index >= 15 is 0 Å². The number of nitrogens with two attached hydrogens (primary N) is 1. The molecule has 1 saturated carbocycles. The Balaban J connectivity index is 0.883. The summed E-state index contributed by atoms with van der Waals surface area (Å²) >= 11 is 0. The van der Waals surface area contributed by atoms with Crippen LogP contribution in [0.25, 0.3) is 11.0 Å². The van der Waals surface area contributed by atoms with E-state index in [0.29, 0.717) is 48.7 Å². The van der Waals surface area contributed by atoms with Crippen LogP contribution in [-0.4, -0.2) is 107 Å². The van der Waals surface area contributed by atoms with Crippen molar-refractivity contribution in [2.75, 3.05) is 25.9 Å². The van der Waals surface area contributed by atoms with Gasteiger partial charge in [0, 0.05) is 57.7 Å². The summed E-state index contributed by atoms with van der Waals surface area (Å²) in [6.45, 7) is 4.30. The van der Waals surface area contributed by atoms with E-state index in [0.717, 1.165) is 75.4 Å². The summed E-state index contributed by atoms with van der Waals surface area (Å²) in [6.07, 6.45) is 9.80. The molecule has 18 heteroatoms. The summed E-state index contributed by atoms with van der Waals surface area (Å²) in [5, 5.41) is 7.95. The first-order chi connectivity index (χ1) is 30.5. The standard InChI is InChI=1S/C46H62N8O9S/c1-28-27-52(22-20-29-4-6-30(7-5-29)24-32-10-15-36-39(25-32)51(2)46(61)54(36)38-17-19-41(56)50-44(38)59)23-21-33-11-16-37(53(33)45(28)60)43(58)49-35(14-18-40(47)55)42(57)48-26-31-8-12-34(13-9-31)64(3,62)63/h8-10,12-13,15,25,28-30,33,35,37-38H,4-7,11,14,16-24,26-27H2,1-3H3,(H2,47,55)(H,48,57)(H,49,58)(H,50,56,59)/t28-,29-,30+,33+,35-,37-,38?/m0/s1. The number of primary amides is 1. The van der Waals surface area contributed by atoms with Crippen LogP contribution in [0.5, 0.6) is 0 Å². The minimum Gasteiger partial charge on any atom is -0.370 e. The molecule has 1 aromatic heterocycles. The number of imidazole rings is 1. The Morgan fingerprint density at radius 3 is 2.28 bits per heavy atom. The van der Waals surface area contributed by atoms with Gasteiger partial charge in [-0.1, -0.05) is 38.0 Å². The van der Waals surface area contributed by atoms with E-state index in [1.54, 1.807) is 28.6 Å². The lowest BCUT2D eigenvalue weighted by molar-refractivity contribution is -0.145. The van der Waals surface area contributed by atoms with Crippen LogP contribution in [0.1, 0.15) is 101 Å². The van der Waals surface area contributed by atoms with E-state index in [2.05, 4.69) is 33.0 Å². The number of fused-ring (bicyclic) bond motifs is 2. The van der Waals surface area contributed by atoms with Gasteiger partial charge in [-0.2, -0.15) is 0 Å². The highest BCUT2D eigenvalue weighted by Crippen LogP contribution is 2.35. The quantitative estimate of drug-likeness (QED) is 0.163. The molecule has 1 aliphatic carbocycles. The third-order valence-corrected chi connectivity index (χ3v) is 15.1. The number of nitrogens with one attached hydrogen (secondary N) is 3.